The third-order valence-electron chi connectivity index (χ3n) is 4.59. The van der Waals surface area contributed by atoms with Crippen LogP contribution in [0.3, 0.4) is 0 Å². The standard InChI is InChI=1S/C19H19N3O3S/c1-14-9-11-16(12-10-14)26(23,24)22-13-5-8-17(22)19-20-18(21-25-19)15-6-3-2-4-7-15/h2-4,6-7,9-12,17H,5,8,13H2,1H3. The predicted octanol–water partition coefficient (Wildman–Crippen LogP) is 3.57. The molecular weight excluding hydrogens is 350 g/mol. The maximum atomic E-state index is 13.0. The Hall–Kier alpha value is -2.51. The second kappa shape index (κ2) is 6.66. The fourth-order valence-corrected chi connectivity index (χ4v) is 4.85. The van der Waals surface area contributed by atoms with Crippen LogP contribution in [0.1, 0.15) is 30.3 Å². The maximum absolute atomic E-state index is 13.0. The monoisotopic (exact) mass is 369 g/mol. The van der Waals surface area contributed by atoms with Crippen molar-refractivity contribution in [3.05, 3.63) is 66.1 Å². The summed E-state index contributed by atoms with van der Waals surface area (Å²) in [6.07, 6.45) is 1.43. The number of hydrogen-bond acceptors (Lipinski definition) is 5. The molecule has 0 N–H and O–H groups in total. The van der Waals surface area contributed by atoms with E-state index in [-0.39, 0.29) is 4.90 Å². The van der Waals surface area contributed by atoms with E-state index in [9.17, 15) is 8.42 Å². The average molecular weight is 369 g/mol. The van der Waals surface area contributed by atoms with Crippen molar-refractivity contribution in [2.75, 3.05) is 6.54 Å². The summed E-state index contributed by atoms with van der Waals surface area (Å²) in [7, 11) is -3.60. The van der Waals surface area contributed by atoms with Gasteiger partial charge in [-0.25, -0.2) is 8.42 Å². The van der Waals surface area contributed by atoms with Crippen molar-refractivity contribution in [3.63, 3.8) is 0 Å². The average Bonchev–Trinajstić information content (AvgIpc) is 3.32. The molecule has 0 aliphatic carbocycles. The minimum atomic E-state index is -3.60. The number of hydrogen-bond donors (Lipinski definition) is 0. The van der Waals surface area contributed by atoms with Crippen molar-refractivity contribution in [2.45, 2.75) is 30.7 Å². The minimum absolute atomic E-state index is 0.290. The molecule has 3 aromatic rings. The first-order valence-electron chi connectivity index (χ1n) is 8.53. The highest BCUT2D eigenvalue weighted by atomic mass is 32.2. The molecule has 0 bridgehead atoms. The van der Waals surface area contributed by atoms with Gasteiger partial charge in [0.2, 0.25) is 21.7 Å². The van der Waals surface area contributed by atoms with E-state index in [2.05, 4.69) is 10.1 Å². The quantitative estimate of drug-likeness (QED) is 0.703. The van der Waals surface area contributed by atoms with E-state index in [1.165, 1.54) is 4.31 Å². The first-order valence-corrected chi connectivity index (χ1v) is 9.97. The third kappa shape index (κ3) is 3.04. The van der Waals surface area contributed by atoms with E-state index in [0.717, 1.165) is 17.5 Å². The van der Waals surface area contributed by atoms with Gasteiger partial charge >= 0.3 is 0 Å². The molecule has 1 unspecified atom stereocenters. The molecule has 0 amide bonds. The van der Waals surface area contributed by atoms with E-state index in [1.54, 1.807) is 24.3 Å². The van der Waals surface area contributed by atoms with Gasteiger partial charge in [0.1, 0.15) is 6.04 Å². The summed E-state index contributed by atoms with van der Waals surface area (Å²) in [6.45, 7) is 2.38. The minimum Gasteiger partial charge on any atom is -0.337 e. The molecule has 1 atom stereocenters. The Bertz CT molecular complexity index is 998. The molecule has 1 aliphatic heterocycles. The zero-order valence-corrected chi connectivity index (χ0v) is 15.2. The number of benzene rings is 2. The molecule has 4 rings (SSSR count). The zero-order valence-electron chi connectivity index (χ0n) is 14.4. The van der Waals surface area contributed by atoms with Crippen LogP contribution in [0.25, 0.3) is 11.4 Å². The number of rotatable bonds is 4. The molecule has 134 valence electrons. The summed E-state index contributed by atoms with van der Waals surface area (Å²) in [5, 5.41) is 4.02. The summed E-state index contributed by atoms with van der Waals surface area (Å²) in [5.74, 6) is 0.817. The van der Waals surface area contributed by atoms with Crippen LogP contribution in [0.4, 0.5) is 0 Å². The summed E-state index contributed by atoms with van der Waals surface area (Å²) in [5.41, 5.74) is 1.86. The molecule has 1 aromatic heterocycles. The molecule has 1 saturated heterocycles. The van der Waals surface area contributed by atoms with Crippen molar-refractivity contribution in [1.29, 1.82) is 0 Å². The van der Waals surface area contributed by atoms with E-state index in [1.807, 2.05) is 37.3 Å². The summed E-state index contributed by atoms with van der Waals surface area (Å²) >= 11 is 0. The van der Waals surface area contributed by atoms with Crippen LogP contribution in [-0.2, 0) is 10.0 Å². The van der Waals surface area contributed by atoms with Gasteiger partial charge in [-0.1, -0.05) is 53.2 Å². The summed E-state index contributed by atoms with van der Waals surface area (Å²) < 4.78 is 33.0. The molecule has 1 aliphatic rings. The van der Waals surface area contributed by atoms with Gasteiger partial charge in [0, 0.05) is 12.1 Å². The summed E-state index contributed by atoms with van der Waals surface area (Å²) in [6, 6.07) is 16.0. The van der Waals surface area contributed by atoms with Gasteiger partial charge in [0.15, 0.2) is 0 Å². The van der Waals surface area contributed by atoms with Crippen LogP contribution >= 0.6 is 0 Å². The lowest BCUT2D eigenvalue weighted by Crippen LogP contribution is -2.30. The number of aromatic nitrogens is 2. The second-order valence-electron chi connectivity index (χ2n) is 6.41. The fraction of sp³-hybridized carbons (Fsp3) is 0.263. The molecule has 0 radical (unpaired) electrons. The smallest absolute Gasteiger partial charge is 0.245 e. The van der Waals surface area contributed by atoms with Gasteiger partial charge in [-0.15, -0.1) is 0 Å². The predicted molar refractivity (Wildman–Crippen MR) is 96.8 cm³/mol. The largest absolute Gasteiger partial charge is 0.337 e. The highest BCUT2D eigenvalue weighted by Crippen LogP contribution is 2.36. The highest BCUT2D eigenvalue weighted by molar-refractivity contribution is 7.89. The molecule has 0 saturated carbocycles. The van der Waals surface area contributed by atoms with Crippen molar-refractivity contribution in [2.24, 2.45) is 0 Å². The maximum Gasteiger partial charge on any atom is 0.245 e. The topological polar surface area (TPSA) is 76.3 Å². The number of aryl methyl sites for hydroxylation is 1. The van der Waals surface area contributed by atoms with Crippen LogP contribution in [0.2, 0.25) is 0 Å². The Morgan fingerprint density at radius 2 is 1.81 bits per heavy atom. The molecule has 0 spiro atoms. The van der Waals surface area contributed by atoms with Crippen molar-refractivity contribution in [1.82, 2.24) is 14.4 Å². The molecule has 1 fully saturated rings. The van der Waals surface area contributed by atoms with Gasteiger partial charge in [-0.3, -0.25) is 0 Å². The molecule has 26 heavy (non-hydrogen) atoms. The first kappa shape index (κ1) is 16.9. The van der Waals surface area contributed by atoms with Gasteiger partial charge in [0.05, 0.1) is 4.90 Å². The van der Waals surface area contributed by atoms with Crippen molar-refractivity contribution >= 4 is 10.0 Å². The Morgan fingerprint density at radius 3 is 2.54 bits per heavy atom. The lowest BCUT2D eigenvalue weighted by molar-refractivity contribution is 0.290. The molecular formula is C19H19N3O3S. The van der Waals surface area contributed by atoms with Crippen LogP contribution in [0.15, 0.2) is 64.0 Å². The number of sulfonamides is 1. The van der Waals surface area contributed by atoms with E-state index in [0.29, 0.717) is 24.7 Å². The lowest BCUT2D eigenvalue weighted by atomic mass is 10.2. The fourth-order valence-electron chi connectivity index (χ4n) is 3.20. The lowest BCUT2D eigenvalue weighted by Gasteiger charge is -2.21. The van der Waals surface area contributed by atoms with Crippen LogP contribution in [-0.4, -0.2) is 29.4 Å². The Morgan fingerprint density at radius 1 is 1.08 bits per heavy atom. The van der Waals surface area contributed by atoms with Gasteiger partial charge in [-0.2, -0.15) is 9.29 Å². The van der Waals surface area contributed by atoms with Crippen LogP contribution in [0.5, 0.6) is 0 Å². The normalized spacial score (nSPS) is 18.3. The van der Waals surface area contributed by atoms with Crippen molar-refractivity contribution in [3.8, 4) is 11.4 Å². The SMILES string of the molecule is Cc1ccc(S(=O)(=O)N2CCCC2c2nc(-c3ccccc3)no2)cc1. The molecule has 2 aromatic carbocycles. The Kier molecular flexibility index (Phi) is 4.34. The van der Waals surface area contributed by atoms with E-state index >= 15 is 0 Å². The molecule has 2 heterocycles. The molecule has 7 heteroatoms. The van der Waals surface area contributed by atoms with Gasteiger partial charge in [-0.05, 0) is 31.9 Å². The van der Waals surface area contributed by atoms with Crippen LogP contribution < -0.4 is 0 Å². The second-order valence-corrected chi connectivity index (χ2v) is 8.30. The Balaban J connectivity index is 1.65. The summed E-state index contributed by atoms with van der Waals surface area (Å²) in [4.78, 5) is 4.74. The van der Waals surface area contributed by atoms with Crippen LogP contribution in [0, 0.1) is 6.92 Å². The third-order valence-corrected chi connectivity index (χ3v) is 6.51. The Labute approximate surface area is 152 Å². The van der Waals surface area contributed by atoms with Crippen molar-refractivity contribution < 1.29 is 12.9 Å². The zero-order chi connectivity index (χ0) is 18.1. The van der Waals surface area contributed by atoms with Gasteiger partial charge < -0.3 is 4.52 Å². The highest BCUT2D eigenvalue weighted by Gasteiger charge is 2.39. The molecule has 6 nitrogen and oxygen atoms in total. The van der Waals surface area contributed by atoms with E-state index in [4.69, 9.17) is 4.52 Å². The van der Waals surface area contributed by atoms with E-state index < -0.39 is 16.1 Å². The first-order chi connectivity index (χ1) is 12.6. The number of nitrogens with zero attached hydrogens (tertiary/aromatic N) is 3. The van der Waals surface area contributed by atoms with Gasteiger partial charge in [0.25, 0.3) is 0 Å².